The van der Waals surface area contributed by atoms with Crippen molar-refractivity contribution in [1.29, 1.82) is 0 Å². The predicted molar refractivity (Wildman–Crippen MR) is 147 cm³/mol. The van der Waals surface area contributed by atoms with Crippen molar-refractivity contribution in [2.24, 2.45) is 11.7 Å². The van der Waals surface area contributed by atoms with Gasteiger partial charge in [0.2, 0.25) is 0 Å². The van der Waals surface area contributed by atoms with Crippen LogP contribution in [-0.2, 0) is 0 Å². The first-order valence-corrected chi connectivity index (χ1v) is 13.8. The van der Waals surface area contributed by atoms with Crippen molar-refractivity contribution < 1.29 is 14.4 Å². The van der Waals surface area contributed by atoms with E-state index in [9.17, 15) is 14.4 Å². The SMILES string of the molecule is CC(C)(C)Nc1cc(C(=O)NC2C[C@H]3CC[C@@H](C2)N3c2ccc(C(=O)C3CC3)cn2)c(Br)cc1C(N)=O. The first kappa shape index (κ1) is 25.7. The molecular formula is C28H34BrN5O3. The summed E-state index contributed by atoms with van der Waals surface area (Å²) in [5, 5.41) is 6.52. The summed E-state index contributed by atoms with van der Waals surface area (Å²) in [7, 11) is 0. The van der Waals surface area contributed by atoms with Gasteiger partial charge in [-0.15, -0.1) is 0 Å². The number of ketones is 1. The van der Waals surface area contributed by atoms with Gasteiger partial charge in [0.1, 0.15) is 5.82 Å². The van der Waals surface area contributed by atoms with E-state index in [1.165, 1.54) is 0 Å². The van der Waals surface area contributed by atoms with Gasteiger partial charge in [-0.2, -0.15) is 0 Å². The minimum atomic E-state index is -0.554. The van der Waals surface area contributed by atoms with Gasteiger partial charge in [-0.3, -0.25) is 14.4 Å². The molecule has 1 aromatic carbocycles. The number of primary amides is 1. The summed E-state index contributed by atoms with van der Waals surface area (Å²) in [5.74, 6) is 0.572. The normalized spacial score (nSPS) is 23.0. The van der Waals surface area contributed by atoms with Gasteiger partial charge in [-0.1, -0.05) is 0 Å². The number of aromatic nitrogens is 1. The maximum absolute atomic E-state index is 13.3. The van der Waals surface area contributed by atoms with Crippen molar-refractivity contribution in [3.8, 4) is 0 Å². The van der Waals surface area contributed by atoms with E-state index in [0.717, 1.165) is 44.3 Å². The monoisotopic (exact) mass is 567 g/mol. The molecule has 1 aromatic heterocycles. The largest absolute Gasteiger partial charge is 0.380 e. The number of anilines is 2. The number of nitrogens with two attached hydrogens (primary N) is 1. The lowest BCUT2D eigenvalue weighted by molar-refractivity contribution is 0.0923. The zero-order chi connectivity index (χ0) is 26.5. The second-order valence-electron chi connectivity index (χ2n) is 11.6. The Labute approximate surface area is 225 Å². The van der Waals surface area contributed by atoms with E-state index in [2.05, 4.69) is 36.4 Å². The van der Waals surface area contributed by atoms with Gasteiger partial charge in [-0.25, -0.2) is 4.98 Å². The molecule has 2 aliphatic heterocycles. The van der Waals surface area contributed by atoms with Gasteiger partial charge < -0.3 is 21.3 Å². The zero-order valence-electron chi connectivity index (χ0n) is 21.5. The average Bonchev–Trinajstić information content (AvgIpc) is 3.63. The lowest BCUT2D eigenvalue weighted by Gasteiger charge is -2.40. The summed E-state index contributed by atoms with van der Waals surface area (Å²) in [6, 6.07) is 7.82. The van der Waals surface area contributed by atoms with E-state index in [-0.39, 0.29) is 29.2 Å². The third kappa shape index (κ3) is 5.51. The number of halogens is 1. The zero-order valence-corrected chi connectivity index (χ0v) is 23.1. The molecule has 5 rings (SSSR count). The van der Waals surface area contributed by atoms with Gasteiger partial charge in [0.25, 0.3) is 11.8 Å². The Morgan fingerprint density at radius 1 is 1.03 bits per heavy atom. The van der Waals surface area contributed by atoms with E-state index in [0.29, 0.717) is 38.9 Å². The predicted octanol–water partition coefficient (Wildman–Crippen LogP) is 4.68. The summed E-state index contributed by atoms with van der Waals surface area (Å²) < 4.78 is 0.531. The molecule has 196 valence electrons. The Morgan fingerprint density at radius 2 is 1.70 bits per heavy atom. The van der Waals surface area contributed by atoms with Crippen LogP contribution in [0.2, 0.25) is 0 Å². The average molecular weight is 569 g/mol. The highest BCUT2D eigenvalue weighted by Crippen LogP contribution is 2.39. The van der Waals surface area contributed by atoms with Crippen LogP contribution in [-0.4, -0.2) is 46.2 Å². The number of rotatable bonds is 7. The molecule has 4 N–H and O–H groups in total. The first-order chi connectivity index (χ1) is 17.5. The number of Topliss-reactive ketones (excluding diaryl/α,β-unsaturated/α-hetero) is 1. The van der Waals surface area contributed by atoms with Crippen molar-refractivity contribution in [2.75, 3.05) is 10.2 Å². The van der Waals surface area contributed by atoms with Gasteiger partial charge in [0.05, 0.1) is 11.1 Å². The molecule has 1 aliphatic carbocycles. The van der Waals surface area contributed by atoms with E-state index >= 15 is 0 Å². The molecule has 0 spiro atoms. The minimum absolute atomic E-state index is 0.0405. The van der Waals surface area contributed by atoms with Crippen LogP contribution in [0.1, 0.15) is 90.4 Å². The molecule has 3 heterocycles. The summed E-state index contributed by atoms with van der Waals surface area (Å²) in [5.41, 5.74) is 7.32. The number of carbonyl (C=O) groups excluding carboxylic acids is 3. The summed E-state index contributed by atoms with van der Waals surface area (Å²) in [4.78, 5) is 44.7. The Kier molecular flexibility index (Phi) is 6.77. The summed E-state index contributed by atoms with van der Waals surface area (Å²) >= 11 is 3.46. The van der Waals surface area contributed by atoms with Crippen LogP contribution in [0.4, 0.5) is 11.5 Å². The van der Waals surface area contributed by atoms with Gasteiger partial charge in [0, 0.05) is 51.5 Å². The highest BCUT2D eigenvalue weighted by Gasteiger charge is 2.42. The summed E-state index contributed by atoms with van der Waals surface area (Å²) in [6.45, 7) is 5.95. The first-order valence-electron chi connectivity index (χ1n) is 13.0. The molecule has 37 heavy (non-hydrogen) atoms. The smallest absolute Gasteiger partial charge is 0.252 e. The van der Waals surface area contributed by atoms with Crippen LogP contribution < -0.4 is 21.3 Å². The van der Waals surface area contributed by atoms with Crippen molar-refractivity contribution in [3.63, 3.8) is 0 Å². The van der Waals surface area contributed by atoms with Crippen molar-refractivity contribution in [1.82, 2.24) is 10.3 Å². The Bertz CT molecular complexity index is 1220. The molecule has 1 saturated carbocycles. The molecule has 1 unspecified atom stereocenters. The van der Waals surface area contributed by atoms with Crippen molar-refractivity contribution >= 4 is 45.0 Å². The molecule has 3 aliphatic rings. The third-order valence-electron chi connectivity index (χ3n) is 7.44. The molecule has 2 aromatic rings. The molecule has 2 saturated heterocycles. The fourth-order valence-corrected chi connectivity index (χ4v) is 6.18. The van der Waals surface area contributed by atoms with Crippen LogP contribution in [0.5, 0.6) is 0 Å². The minimum Gasteiger partial charge on any atom is -0.380 e. The topological polar surface area (TPSA) is 117 Å². The number of nitrogens with zero attached hydrogens (tertiary/aromatic N) is 2. The van der Waals surface area contributed by atoms with Crippen molar-refractivity contribution in [2.45, 2.75) is 83.0 Å². The number of hydrogen-bond donors (Lipinski definition) is 3. The highest BCUT2D eigenvalue weighted by atomic mass is 79.9. The molecule has 3 fully saturated rings. The lowest BCUT2D eigenvalue weighted by Crippen LogP contribution is -2.50. The van der Waals surface area contributed by atoms with Crippen LogP contribution in [0, 0.1) is 5.92 Å². The van der Waals surface area contributed by atoms with Crippen LogP contribution in [0.3, 0.4) is 0 Å². The number of hydrogen-bond acceptors (Lipinski definition) is 6. The van der Waals surface area contributed by atoms with Crippen molar-refractivity contribution in [3.05, 3.63) is 51.6 Å². The lowest BCUT2D eigenvalue weighted by atomic mass is 9.96. The second-order valence-corrected chi connectivity index (χ2v) is 12.4. The molecule has 3 atom stereocenters. The van der Waals surface area contributed by atoms with Crippen LogP contribution in [0.25, 0.3) is 0 Å². The number of amides is 2. The van der Waals surface area contributed by atoms with E-state index in [4.69, 9.17) is 5.73 Å². The molecule has 0 radical (unpaired) electrons. The number of carbonyl (C=O) groups is 3. The number of nitrogens with one attached hydrogen (secondary N) is 2. The maximum Gasteiger partial charge on any atom is 0.252 e. The fourth-order valence-electron chi connectivity index (χ4n) is 5.66. The Morgan fingerprint density at radius 3 is 2.24 bits per heavy atom. The van der Waals surface area contributed by atoms with Crippen LogP contribution in [0.15, 0.2) is 34.9 Å². The van der Waals surface area contributed by atoms with Gasteiger partial charge in [0.15, 0.2) is 5.78 Å². The Balaban J connectivity index is 1.28. The quantitative estimate of drug-likeness (QED) is 0.418. The number of pyridine rings is 1. The number of piperidine rings is 1. The molecule has 8 nitrogen and oxygen atoms in total. The maximum atomic E-state index is 13.3. The molecular weight excluding hydrogens is 534 g/mol. The van der Waals surface area contributed by atoms with Gasteiger partial charge >= 0.3 is 0 Å². The van der Waals surface area contributed by atoms with E-state index in [1.807, 2.05) is 32.9 Å². The highest BCUT2D eigenvalue weighted by molar-refractivity contribution is 9.10. The van der Waals surface area contributed by atoms with E-state index in [1.54, 1.807) is 18.3 Å². The van der Waals surface area contributed by atoms with Crippen LogP contribution >= 0.6 is 15.9 Å². The standard InChI is InChI=1S/C28H34BrN5O3/c1-28(2,3)33-23-13-20(22(29)12-21(23)26(30)36)27(37)32-17-10-18-7-8-19(11-17)34(18)24-9-6-16(14-31-24)25(35)15-4-5-15/h6,9,12-15,17-19,33H,4-5,7-8,10-11H2,1-3H3,(H2,30,36)(H,32,37)/t17?,18-,19+. The molecule has 2 bridgehead atoms. The number of fused-ring (bicyclic) bond motifs is 2. The van der Waals surface area contributed by atoms with Gasteiger partial charge in [-0.05, 0) is 99.5 Å². The second kappa shape index (κ2) is 9.74. The third-order valence-corrected chi connectivity index (χ3v) is 8.10. The Hall–Kier alpha value is -2.94. The number of benzene rings is 1. The van der Waals surface area contributed by atoms with E-state index < -0.39 is 5.91 Å². The fraction of sp³-hybridized carbons (Fsp3) is 0.500. The molecule has 2 amide bonds. The summed E-state index contributed by atoms with van der Waals surface area (Å²) in [6.07, 6.45) is 7.47. The molecule has 9 heteroatoms.